The normalized spacial score (nSPS) is 17.3. The maximum absolute atomic E-state index is 10.9. The summed E-state index contributed by atoms with van der Waals surface area (Å²) in [6, 6.07) is 0. The van der Waals surface area contributed by atoms with Gasteiger partial charge in [-0.15, -0.1) is 5.10 Å². The first-order valence-corrected chi connectivity index (χ1v) is 6.95. The van der Waals surface area contributed by atoms with E-state index in [2.05, 4.69) is 10.3 Å². The second kappa shape index (κ2) is 7.37. The van der Waals surface area contributed by atoms with E-state index in [4.69, 9.17) is 18.9 Å². The third-order valence-corrected chi connectivity index (χ3v) is 3.03. The van der Waals surface area contributed by atoms with Gasteiger partial charge in [-0.3, -0.25) is 4.68 Å². The first-order chi connectivity index (χ1) is 10.1. The van der Waals surface area contributed by atoms with Gasteiger partial charge in [-0.05, 0) is 6.92 Å². The van der Waals surface area contributed by atoms with Crippen LogP contribution in [0.3, 0.4) is 0 Å². The predicted octanol–water partition coefficient (Wildman–Crippen LogP) is 1.00. The van der Waals surface area contributed by atoms with E-state index < -0.39 is 6.16 Å². The summed E-state index contributed by atoms with van der Waals surface area (Å²) in [5, 5.41) is 8.09. The van der Waals surface area contributed by atoms with Crippen molar-refractivity contribution in [2.24, 2.45) is 5.41 Å². The van der Waals surface area contributed by atoms with Gasteiger partial charge >= 0.3 is 6.16 Å². The molecule has 1 aliphatic heterocycles. The van der Waals surface area contributed by atoms with E-state index in [0.717, 1.165) is 5.69 Å². The van der Waals surface area contributed by atoms with Gasteiger partial charge in [0.25, 0.3) is 0 Å². The predicted molar refractivity (Wildman–Crippen MR) is 71.6 cm³/mol. The van der Waals surface area contributed by atoms with Crippen LogP contribution in [0.4, 0.5) is 4.79 Å². The van der Waals surface area contributed by atoms with E-state index in [1.807, 2.05) is 20.0 Å². The van der Waals surface area contributed by atoms with Gasteiger partial charge in [0.2, 0.25) is 0 Å². The molecule has 1 saturated heterocycles. The van der Waals surface area contributed by atoms with Crippen LogP contribution in [0.15, 0.2) is 6.20 Å². The fraction of sp³-hybridized carbons (Fsp3) is 0.769. The smallest absolute Gasteiger partial charge is 0.433 e. The molecule has 21 heavy (non-hydrogen) atoms. The van der Waals surface area contributed by atoms with Gasteiger partial charge in [-0.25, -0.2) is 4.79 Å². The Kier molecular flexibility index (Phi) is 5.51. The molecule has 1 aromatic rings. The number of nitrogens with zero attached hydrogens (tertiary/aromatic N) is 3. The number of hydrogen-bond donors (Lipinski definition) is 0. The molecule has 0 aliphatic carbocycles. The number of carbonyl (C=O) groups is 1. The van der Waals surface area contributed by atoms with Gasteiger partial charge in [0.1, 0.15) is 18.9 Å². The quantitative estimate of drug-likeness (QED) is 0.523. The molecule has 0 bridgehead atoms. The third kappa shape index (κ3) is 4.98. The molecule has 118 valence electrons. The van der Waals surface area contributed by atoms with Crippen LogP contribution in [0.2, 0.25) is 0 Å². The number of hydrogen-bond acceptors (Lipinski definition) is 7. The van der Waals surface area contributed by atoms with E-state index in [1.165, 1.54) is 0 Å². The van der Waals surface area contributed by atoms with Crippen LogP contribution in [0.25, 0.3) is 0 Å². The SMILES string of the molecule is CCOCCOCc1cn(CC2(C)COC(=O)OC2)nn1. The minimum absolute atomic E-state index is 0.297. The molecule has 0 spiro atoms. The van der Waals surface area contributed by atoms with Crippen LogP contribution in [0.5, 0.6) is 0 Å². The molecular weight excluding hydrogens is 278 g/mol. The fourth-order valence-corrected chi connectivity index (χ4v) is 1.95. The van der Waals surface area contributed by atoms with Crippen molar-refractivity contribution >= 4 is 6.16 Å². The van der Waals surface area contributed by atoms with Crippen molar-refractivity contribution in [1.29, 1.82) is 0 Å². The minimum Gasteiger partial charge on any atom is -0.433 e. The van der Waals surface area contributed by atoms with Gasteiger partial charge in [-0.2, -0.15) is 0 Å². The Labute approximate surface area is 123 Å². The van der Waals surface area contributed by atoms with Gasteiger partial charge in [0.05, 0.1) is 38.0 Å². The second-order valence-electron chi connectivity index (χ2n) is 5.29. The monoisotopic (exact) mass is 299 g/mol. The van der Waals surface area contributed by atoms with Crippen molar-refractivity contribution in [3.05, 3.63) is 11.9 Å². The van der Waals surface area contributed by atoms with Crippen molar-refractivity contribution in [2.75, 3.05) is 33.0 Å². The summed E-state index contributed by atoms with van der Waals surface area (Å²) in [5.41, 5.74) is 0.457. The summed E-state index contributed by atoms with van der Waals surface area (Å²) >= 11 is 0. The van der Waals surface area contributed by atoms with E-state index in [0.29, 0.717) is 46.2 Å². The molecule has 0 saturated carbocycles. The largest absolute Gasteiger partial charge is 0.508 e. The minimum atomic E-state index is -0.616. The molecule has 0 N–H and O–H groups in total. The van der Waals surface area contributed by atoms with Crippen molar-refractivity contribution in [3.63, 3.8) is 0 Å². The first kappa shape index (κ1) is 15.7. The highest BCUT2D eigenvalue weighted by Gasteiger charge is 2.34. The average molecular weight is 299 g/mol. The number of ether oxygens (including phenoxy) is 4. The maximum atomic E-state index is 10.9. The zero-order chi connectivity index (χ0) is 15.1. The van der Waals surface area contributed by atoms with E-state index in [1.54, 1.807) is 4.68 Å². The van der Waals surface area contributed by atoms with Crippen molar-refractivity contribution in [1.82, 2.24) is 15.0 Å². The second-order valence-corrected chi connectivity index (χ2v) is 5.29. The lowest BCUT2D eigenvalue weighted by Crippen LogP contribution is -2.40. The van der Waals surface area contributed by atoms with Crippen molar-refractivity contribution < 1.29 is 23.7 Å². The Morgan fingerprint density at radius 3 is 2.76 bits per heavy atom. The topological polar surface area (TPSA) is 84.7 Å². The van der Waals surface area contributed by atoms with Crippen LogP contribution in [-0.4, -0.2) is 54.2 Å². The lowest BCUT2D eigenvalue weighted by Gasteiger charge is -2.31. The summed E-state index contributed by atoms with van der Waals surface area (Å²) in [6.45, 7) is 7.29. The Hall–Kier alpha value is -1.67. The van der Waals surface area contributed by atoms with Crippen LogP contribution in [-0.2, 0) is 32.1 Å². The zero-order valence-electron chi connectivity index (χ0n) is 12.4. The van der Waals surface area contributed by atoms with Crippen LogP contribution < -0.4 is 0 Å². The maximum Gasteiger partial charge on any atom is 0.508 e. The molecule has 1 aliphatic rings. The average Bonchev–Trinajstić information content (AvgIpc) is 2.89. The van der Waals surface area contributed by atoms with E-state index >= 15 is 0 Å². The number of carbonyl (C=O) groups excluding carboxylic acids is 1. The summed E-state index contributed by atoms with van der Waals surface area (Å²) in [4.78, 5) is 10.9. The summed E-state index contributed by atoms with van der Waals surface area (Å²) in [5.74, 6) is 0. The molecule has 8 heteroatoms. The molecule has 0 amide bonds. The molecule has 8 nitrogen and oxygen atoms in total. The van der Waals surface area contributed by atoms with Gasteiger partial charge in [-0.1, -0.05) is 12.1 Å². The number of rotatable bonds is 8. The van der Waals surface area contributed by atoms with Gasteiger partial charge in [0, 0.05) is 6.61 Å². The highest BCUT2D eigenvalue weighted by atomic mass is 16.7. The molecule has 1 aromatic heterocycles. The van der Waals surface area contributed by atoms with Crippen LogP contribution >= 0.6 is 0 Å². The Balaban J connectivity index is 1.76. The van der Waals surface area contributed by atoms with E-state index in [9.17, 15) is 4.79 Å². The highest BCUT2D eigenvalue weighted by Crippen LogP contribution is 2.24. The molecule has 2 heterocycles. The Bertz CT molecular complexity index is 452. The molecule has 0 aromatic carbocycles. The Morgan fingerprint density at radius 2 is 2.05 bits per heavy atom. The third-order valence-electron chi connectivity index (χ3n) is 3.03. The van der Waals surface area contributed by atoms with Crippen molar-refractivity contribution in [2.45, 2.75) is 27.0 Å². The van der Waals surface area contributed by atoms with Gasteiger partial charge in [0.15, 0.2) is 0 Å². The first-order valence-electron chi connectivity index (χ1n) is 6.95. The summed E-state index contributed by atoms with van der Waals surface area (Å²) in [7, 11) is 0. The molecule has 0 unspecified atom stereocenters. The highest BCUT2D eigenvalue weighted by molar-refractivity contribution is 5.60. The van der Waals surface area contributed by atoms with Gasteiger partial charge < -0.3 is 18.9 Å². The lowest BCUT2D eigenvalue weighted by atomic mass is 9.92. The summed E-state index contributed by atoms with van der Waals surface area (Å²) in [6.07, 6.45) is 1.21. The molecular formula is C13H21N3O5. The fourth-order valence-electron chi connectivity index (χ4n) is 1.95. The van der Waals surface area contributed by atoms with Crippen LogP contribution in [0.1, 0.15) is 19.5 Å². The standard InChI is InChI=1S/C13H21N3O5/c1-3-18-4-5-19-7-11-6-16(15-14-11)8-13(2)9-20-12(17)21-10-13/h6H,3-5,7-10H2,1-2H3. The summed E-state index contributed by atoms with van der Waals surface area (Å²) < 4.78 is 22.1. The molecule has 1 fully saturated rings. The van der Waals surface area contributed by atoms with Crippen molar-refractivity contribution in [3.8, 4) is 0 Å². The number of aromatic nitrogens is 3. The molecule has 0 radical (unpaired) electrons. The zero-order valence-corrected chi connectivity index (χ0v) is 12.4. The molecule has 2 rings (SSSR count). The van der Waals surface area contributed by atoms with E-state index in [-0.39, 0.29) is 5.41 Å². The lowest BCUT2D eigenvalue weighted by molar-refractivity contribution is -0.0598. The number of cyclic esters (lactones) is 2. The van der Waals surface area contributed by atoms with Crippen LogP contribution in [0, 0.1) is 5.41 Å². The molecule has 0 atom stereocenters. The Morgan fingerprint density at radius 1 is 1.33 bits per heavy atom.